The standard InChI is InChI=1S/C14H24N2O/c1-5-15-6-7-16-10-13-8-11(2)14(17-4)12(3)9-13/h8-9,15-16H,5-7,10H2,1-4H3. The molecule has 0 aromatic heterocycles. The zero-order chi connectivity index (χ0) is 12.7. The molecule has 0 heterocycles. The van der Waals surface area contributed by atoms with Gasteiger partial charge in [-0.15, -0.1) is 0 Å². The number of aryl methyl sites for hydroxylation is 2. The molecule has 3 heteroatoms. The van der Waals surface area contributed by atoms with E-state index in [0.717, 1.165) is 31.9 Å². The fourth-order valence-corrected chi connectivity index (χ4v) is 2.05. The Morgan fingerprint density at radius 3 is 2.18 bits per heavy atom. The van der Waals surface area contributed by atoms with Crippen molar-refractivity contribution in [2.45, 2.75) is 27.3 Å². The van der Waals surface area contributed by atoms with Gasteiger partial charge in [0.25, 0.3) is 0 Å². The summed E-state index contributed by atoms with van der Waals surface area (Å²) in [7, 11) is 1.73. The zero-order valence-corrected chi connectivity index (χ0v) is 11.4. The van der Waals surface area contributed by atoms with Crippen molar-refractivity contribution in [2.24, 2.45) is 0 Å². The zero-order valence-electron chi connectivity index (χ0n) is 11.4. The van der Waals surface area contributed by atoms with Crippen molar-refractivity contribution in [1.29, 1.82) is 0 Å². The molecule has 0 saturated carbocycles. The van der Waals surface area contributed by atoms with Crippen molar-refractivity contribution >= 4 is 0 Å². The molecule has 0 saturated heterocycles. The van der Waals surface area contributed by atoms with Gasteiger partial charge in [0.15, 0.2) is 0 Å². The summed E-state index contributed by atoms with van der Waals surface area (Å²) in [5.41, 5.74) is 3.73. The second kappa shape index (κ2) is 7.30. The van der Waals surface area contributed by atoms with Crippen molar-refractivity contribution in [2.75, 3.05) is 26.7 Å². The molecule has 3 nitrogen and oxygen atoms in total. The van der Waals surface area contributed by atoms with Crippen molar-refractivity contribution in [3.63, 3.8) is 0 Å². The minimum Gasteiger partial charge on any atom is -0.496 e. The van der Waals surface area contributed by atoms with Crippen LogP contribution in [-0.4, -0.2) is 26.7 Å². The van der Waals surface area contributed by atoms with Gasteiger partial charge in [0, 0.05) is 19.6 Å². The van der Waals surface area contributed by atoms with Gasteiger partial charge in [0.1, 0.15) is 5.75 Å². The number of nitrogens with one attached hydrogen (secondary N) is 2. The fraction of sp³-hybridized carbons (Fsp3) is 0.571. The van der Waals surface area contributed by atoms with E-state index in [2.05, 4.69) is 43.5 Å². The molecule has 0 aliphatic rings. The smallest absolute Gasteiger partial charge is 0.124 e. The molecule has 17 heavy (non-hydrogen) atoms. The van der Waals surface area contributed by atoms with Gasteiger partial charge in [-0.1, -0.05) is 19.1 Å². The second-order valence-corrected chi connectivity index (χ2v) is 4.29. The molecule has 0 atom stereocenters. The highest BCUT2D eigenvalue weighted by molar-refractivity contribution is 5.43. The first-order valence-electron chi connectivity index (χ1n) is 6.24. The maximum atomic E-state index is 5.36. The SMILES string of the molecule is CCNCCNCc1cc(C)c(OC)c(C)c1. The quantitative estimate of drug-likeness (QED) is 0.711. The molecule has 0 spiro atoms. The van der Waals surface area contributed by atoms with Gasteiger partial charge in [-0.05, 0) is 37.1 Å². The molecule has 96 valence electrons. The maximum absolute atomic E-state index is 5.36. The van der Waals surface area contributed by atoms with E-state index in [1.807, 2.05) is 0 Å². The Labute approximate surface area is 105 Å². The molecule has 1 aromatic rings. The Hall–Kier alpha value is -1.06. The first-order valence-corrected chi connectivity index (χ1v) is 6.24. The van der Waals surface area contributed by atoms with E-state index in [4.69, 9.17) is 4.74 Å². The lowest BCUT2D eigenvalue weighted by Gasteiger charge is -2.12. The van der Waals surface area contributed by atoms with Crippen molar-refractivity contribution in [3.8, 4) is 5.75 Å². The van der Waals surface area contributed by atoms with Crippen LogP contribution < -0.4 is 15.4 Å². The molecule has 0 unspecified atom stereocenters. The first kappa shape index (κ1) is 14.0. The van der Waals surface area contributed by atoms with E-state index in [1.165, 1.54) is 16.7 Å². The van der Waals surface area contributed by atoms with Crippen LogP contribution in [0.4, 0.5) is 0 Å². The van der Waals surface area contributed by atoms with Crippen molar-refractivity contribution in [1.82, 2.24) is 10.6 Å². The summed E-state index contributed by atoms with van der Waals surface area (Å²) in [5, 5.41) is 6.72. The first-order chi connectivity index (χ1) is 8.19. The monoisotopic (exact) mass is 236 g/mol. The summed E-state index contributed by atoms with van der Waals surface area (Å²) in [4.78, 5) is 0. The molecule has 0 fully saturated rings. The van der Waals surface area contributed by atoms with Crippen LogP contribution in [0.3, 0.4) is 0 Å². The third-order valence-corrected chi connectivity index (χ3v) is 2.78. The summed E-state index contributed by atoms with van der Waals surface area (Å²) in [6, 6.07) is 4.37. The maximum Gasteiger partial charge on any atom is 0.124 e. The Morgan fingerprint density at radius 1 is 1.06 bits per heavy atom. The highest BCUT2D eigenvalue weighted by Gasteiger charge is 2.04. The molecule has 0 aliphatic carbocycles. The Kier molecular flexibility index (Phi) is 6.01. The Bertz CT molecular complexity index is 327. The van der Waals surface area contributed by atoms with Gasteiger partial charge in [0.05, 0.1) is 7.11 Å². The van der Waals surface area contributed by atoms with Crippen LogP contribution in [0, 0.1) is 13.8 Å². The van der Waals surface area contributed by atoms with Gasteiger partial charge in [-0.25, -0.2) is 0 Å². The molecule has 2 N–H and O–H groups in total. The van der Waals surface area contributed by atoms with Crippen LogP contribution in [-0.2, 0) is 6.54 Å². The predicted molar refractivity (Wildman–Crippen MR) is 72.7 cm³/mol. The van der Waals surface area contributed by atoms with E-state index < -0.39 is 0 Å². The van der Waals surface area contributed by atoms with E-state index >= 15 is 0 Å². The van der Waals surface area contributed by atoms with E-state index in [9.17, 15) is 0 Å². The fourth-order valence-electron chi connectivity index (χ4n) is 2.05. The van der Waals surface area contributed by atoms with Crippen molar-refractivity contribution in [3.05, 3.63) is 28.8 Å². The van der Waals surface area contributed by atoms with Crippen LogP contribution in [0.1, 0.15) is 23.6 Å². The minimum absolute atomic E-state index is 0.914. The van der Waals surface area contributed by atoms with Crippen LogP contribution in [0.5, 0.6) is 5.75 Å². The third-order valence-electron chi connectivity index (χ3n) is 2.78. The number of ether oxygens (including phenoxy) is 1. The van der Waals surface area contributed by atoms with E-state index in [0.29, 0.717) is 0 Å². The van der Waals surface area contributed by atoms with E-state index in [1.54, 1.807) is 7.11 Å². The number of hydrogen-bond donors (Lipinski definition) is 2. The van der Waals surface area contributed by atoms with Gasteiger partial charge >= 0.3 is 0 Å². The van der Waals surface area contributed by atoms with Crippen LogP contribution >= 0.6 is 0 Å². The second-order valence-electron chi connectivity index (χ2n) is 4.29. The summed E-state index contributed by atoms with van der Waals surface area (Å²) < 4.78 is 5.36. The number of rotatable bonds is 7. The molecule has 0 aliphatic heterocycles. The minimum atomic E-state index is 0.914. The molecular weight excluding hydrogens is 212 g/mol. The number of hydrogen-bond acceptors (Lipinski definition) is 3. The molecular formula is C14H24N2O. The predicted octanol–water partition coefficient (Wildman–Crippen LogP) is 2.01. The Morgan fingerprint density at radius 2 is 1.65 bits per heavy atom. The molecule has 1 rings (SSSR count). The molecule has 0 amide bonds. The van der Waals surface area contributed by atoms with Crippen LogP contribution in [0.2, 0.25) is 0 Å². The highest BCUT2D eigenvalue weighted by Crippen LogP contribution is 2.24. The summed E-state index contributed by atoms with van der Waals surface area (Å²) >= 11 is 0. The molecule has 0 radical (unpaired) electrons. The molecule has 1 aromatic carbocycles. The van der Waals surface area contributed by atoms with Crippen LogP contribution in [0.25, 0.3) is 0 Å². The largest absolute Gasteiger partial charge is 0.496 e. The van der Waals surface area contributed by atoms with Gasteiger partial charge < -0.3 is 15.4 Å². The molecule has 0 bridgehead atoms. The summed E-state index contributed by atoms with van der Waals surface area (Å²) in [6.45, 7) is 10.3. The average molecular weight is 236 g/mol. The summed E-state index contributed by atoms with van der Waals surface area (Å²) in [6.07, 6.45) is 0. The number of likely N-dealkylation sites (N-methyl/N-ethyl adjacent to an activating group) is 1. The average Bonchev–Trinajstić information content (AvgIpc) is 2.28. The van der Waals surface area contributed by atoms with E-state index in [-0.39, 0.29) is 0 Å². The van der Waals surface area contributed by atoms with Crippen molar-refractivity contribution < 1.29 is 4.74 Å². The lowest BCUT2D eigenvalue weighted by atomic mass is 10.1. The third kappa shape index (κ3) is 4.36. The lowest BCUT2D eigenvalue weighted by Crippen LogP contribution is -2.26. The summed E-state index contributed by atoms with van der Waals surface area (Å²) in [5.74, 6) is 1.00. The normalized spacial score (nSPS) is 10.6. The topological polar surface area (TPSA) is 33.3 Å². The highest BCUT2D eigenvalue weighted by atomic mass is 16.5. The van der Waals surface area contributed by atoms with Gasteiger partial charge in [-0.3, -0.25) is 0 Å². The van der Waals surface area contributed by atoms with Gasteiger partial charge in [0.2, 0.25) is 0 Å². The van der Waals surface area contributed by atoms with Crippen LogP contribution in [0.15, 0.2) is 12.1 Å². The lowest BCUT2D eigenvalue weighted by molar-refractivity contribution is 0.408. The van der Waals surface area contributed by atoms with Gasteiger partial charge in [-0.2, -0.15) is 0 Å². The number of methoxy groups -OCH3 is 1. The Balaban J connectivity index is 2.49. The number of benzene rings is 1.